The molecular formula is H7AlCaFeO. The molecule has 0 fully saturated rings. The summed E-state index contributed by atoms with van der Waals surface area (Å²) in [6.45, 7) is 0. The van der Waals surface area contributed by atoms with Crippen LogP contribution in [-0.2, 0) is 17.1 Å². The van der Waals surface area contributed by atoms with Gasteiger partial charge in [-0.15, -0.1) is 0 Å². The molecule has 0 spiro atoms. The summed E-state index contributed by atoms with van der Waals surface area (Å²) in [7, 11) is 0. The van der Waals surface area contributed by atoms with Crippen molar-refractivity contribution < 1.29 is 22.5 Å². The van der Waals surface area contributed by atoms with Crippen LogP contribution in [0.4, 0.5) is 0 Å². The van der Waals surface area contributed by atoms with E-state index in [-0.39, 0.29) is 77.6 Å². The molecule has 0 radical (unpaired) electrons. The number of rotatable bonds is 0. The van der Waals surface area contributed by atoms with E-state index in [1.165, 1.54) is 0 Å². The Labute approximate surface area is 76.4 Å². The first-order valence-corrected chi connectivity index (χ1v) is 0. The summed E-state index contributed by atoms with van der Waals surface area (Å²) < 4.78 is 0. The quantitative estimate of drug-likeness (QED) is 0.328. The largest absolute Gasteiger partial charge is 0 e. The van der Waals surface area contributed by atoms with Crippen molar-refractivity contribution in [3.8, 4) is 0 Å². The molecule has 0 saturated carbocycles. The van der Waals surface area contributed by atoms with Crippen molar-refractivity contribution in [3.63, 3.8) is 0 Å². The molecule has 0 unspecified atom stereocenters. The molecule has 0 bridgehead atoms. The maximum Gasteiger partial charge on any atom is 0 e. The summed E-state index contributed by atoms with van der Waals surface area (Å²) in [6.07, 6.45) is 0. The van der Waals surface area contributed by atoms with Crippen LogP contribution in [0.3, 0.4) is 0 Å². The summed E-state index contributed by atoms with van der Waals surface area (Å²) in [4.78, 5) is 0. The first-order chi connectivity index (χ1) is 0. The molecule has 0 aromatic rings. The average molecular weight is 146 g/mol. The van der Waals surface area contributed by atoms with E-state index in [4.69, 9.17) is 0 Å². The van der Waals surface area contributed by atoms with Gasteiger partial charge in [-0.3, -0.25) is 0 Å². The number of hydrogen-bond donors (Lipinski definition) is 0. The van der Waals surface area contributed by atoms with Gasteiger partial charge < -0.3 is 5.48 Å². The molecule has 0 rings (SSSR count). The summed E-state index contributed by atoms with van der Waals surface area (Å²) in [5.41, 5.74) is 0. The van der Waals surface area contributed by atoms with E-state index >= 15 is 0 Å². The maximum atomic E-state index is 0. The fourth-order valence-corrected chi connectivity index (χ4v) is 0. The van der Waals surface area contributed by atoms with E-state index < -0.39 is 0 Å². The molecule has 1 nitrogen and oxygen atoms in total. The van der Waals surface area contributed by atoms with Crippen LogP contribution in [0.2, 0.25) is 0 Å². The van der Waals surface area contributed by atoms with Crippen LogP contribution in [0, 0.1) is 0 Å². The van der Waals surface area contributed by atoms with Gasteiger partial charge in [-0.05, 0) is 0 Å². The van der Waals surface area contributed by atoms with Gasteiger partial charge in [0.1, 0.15) is 0 Å². The van der Waals surface area contributed by atoms with Gasteiger partial charge >= 0.3 is 37.7 Å². The Morgan fingerprint density at radius 3 is 1.00 bits per heavy atom. The molecule has 0 saturated heterocycles. The Bertz CT molecular complexity index is 8.00. The summed E-state index contributed by atoms with van der Waals surface area (Å²) >= 11 is 0. The van der Waals surface area contributed by atoms with E-state index in [0.29, 0.717) is 0 Å². The zero-order chi connectivity index (χ0) is 0. The van der Waals surface area contributed by atoms with Gasteiger partial charge in [0.15, 0.2) is 17.4 Å². The second-order valence-corrected chi connectivity index (χ2v) is 0. The van der Waals surface area contributed by atoms with Crippen LogP contribution in [0.15, 0.2) is 0 Å². The zero-order valence-corrected chi connectivity index (χ0v) is 1.96. The second-order valence-electron chi connectivity index (χ2n) is 0. The molecule has 2 N–H and O–H groups in total. The van der Waals surface area contributed by atoms with Crippen molar-refractivity contribution in [3.05, 3.63) is 0 Å². The van der Waals surface area contributed by atoms with Gasteiger partial charge in [0.2, 0.25) is 0 Å². The molecule has 0 aliphatic rings. The maximum absolute atomic E-state index is 0. The van der Waals surface area contributed by atoms with Crippen LogP contribution < -0.4 is 0 Å². The van der Waals surface area contributed by atoms with E-state index in [9.17, 15) is 0 Å². The minimum absolute atomic E-state index is 0. The second kappa shape index (κ2) is 18.6. The Kier molecular flexibility index (Phi) is 157. The van der Waals surface area contributed by atoms with E-state index in [0.717, 1.165) is 0 Å². The van der Waals surface area contributed by atoms with Gasteiger partial charge in [-0.2, -0.15) is 0 Å². The molecule has 4 heavy (non-hydrogen) atoms. The topological polar surface area (TPSA) is 31.5 Å². The molecule has 0 aliphatic heterocycles. The van der Waals surface area contributed by atoms with Crippen molar-refractivity contribution in [1.29, 1.82) is 0 Å². The zero-order valence-electron chi connectivity index (χ0n) is 0.854. The molecule has 0 amide bonds. The minimum Gasteiger partial charge on any atom is 0 e. The number of hydrogen-bond acceptors (Lipinski definition) is 0. The molecular weight excluding hydrogens is 139 g/mol. The molecule has 0 aromatic carbocycles. The third-order valence-corrected chi connectivity index (χ3v) is 0. The molecule has 0 heterocycles. The van der Waals surface area contributed by atoms with E-state index in [1.54, 1.807) is 0 Å². The normalized spacial score (nSPS) is 0. The summed E-state index contributed by atoms with van der Waals surface area (Å²) in [5, 5.41) is 0. The van der Waals surface area contributed by atoms with Crippen molar-refractivity contribution in [2.75, 3.05) is 0 Å². The smallest absolute Gasteiger partial charge is 0 e. The third-order valence-electron chi connectivity index (χ3n) is 0. The van der Waals surface area contributed by atoms with Crippen LogP contribution in [-0.4, -0.2) is 60.6 Å². The molecule has 4 heteroatoms. The molecule has 0 atom stereocenters. The van der Waals surface area contributed by atoms with Gasteiger partial charge in [-0.25, -0.2) is 0 Å². The van der Waals surface area contributed by atoms with Crippen LogP contribution in [0.1, 0.15) is 0 Å². The molecule has 26 valence electrons. The van der Waals surface area contributed by atoms with Crippen LogP contribution in [0.5, 0.6) is 0 Å². The van der Waals surface area contributed by atoms with Crippen molar-refractivity contribution in [2.45, 2.75) is 0 Å². The fraction of sp³-hybridized carbons (Fsp3) is 0. The van der Waals surface area contributed by atoms with E-state index in [2.05, 4.69) is 0 Å². The van der Waals surface area contributed by atoms with Crippen LogP contribution >= 0.6 is 0 Å². The molecule has 0 aliphatic carbocycles. The van der Waals surface area contributed by atoms with Gasteiger partial charge in [0.25, 0.3) is 0 Å². The summed E-state index contributed by atoms with van der Waals surface area (Å²) in [6, 6.07) is 0. The Balaban J connectivity index is 0. The predicted octanol–water partition coefficient (Wildman–Crippen LogP) is -2.93. The predicted molar refractivity (Wildman–Crippen MR) is 22.1 cm³/mol. The van der Waals surface area contributed by atoms with E-state index in [1.807, 2.05) is 0 Å². The van der Waals surface area contributed by atoms with Crippen molar-refractivity contribution in [2.24, 2.45) is 0 Å². The average Bonchev–Trinajstić information content (AvgIpc) is 0. The Morgan fingerprint density at radius 2 is 1.00 bits per heavy atom. The Hall–Kier alpha value is 2.27. The standard InChI is InChI=1S/Al.Ca.Fe.H2O.5H/h;;;1H2;;;;;. The first-order valence-electron chi connectivity index (χ1n) is 0. The summed E-state index contributed by atoms with van der Waals surface area (Å²) in [5.74, 6) is 0. The van der Waals surface area contributed by atoms with Gasteiger partial charge in [-0.1, -0.05) is 0 Å². The SMILES string of the molecule is O.[AlH3].[CaH2].[Fe]. The van der Waals surface area contributed by atoms with Crippen molar-refractivity contribution in [1.82, 2.24) is 0 Å². The Morgan fingerprint density at radius 1 is 1.00 bits per heavy atom. The first kappa shape index (κ1) is 33.8. The van der Waals surface area contributed by atoms with Gasteiger partial charge in [0.05, 0.1) is 0 Å². The van der Waals surface area contributed by atoms with Crippen molar-refractivity contribution >= 4 is 55.1 Å². The minimum atomic E-state index is 0. The van der Waals surface area contributed by atoms with Crippen LogP contribution in [0.25, 0.3) is 0 Å². The fourth-order valence-electron chi connectivity index (χ4n) is 0. The monoisotopic (exact) mass is 146 g/mol. The third kappa shape index (κ3) is 8.86. The molecule has 0 aromatic heterocycles. The van der Waals surface area contributed by atoms with Gasteiger partial charge in [0, 0.05) is 17.1 Å².